The molecule has 112 valence electrons. The minimum absolute atomic E-state index is 0.210. The Balaban J connectivity index is 2.69. The van der Waals surface area contributed by atoms with E-state index in [0.717, 1.165) is 12.6 Å². The van der Waals surface area contributed by atoms with Gasteiger partial charge in [0.15, 0.2) is 5.66 Å². The fourth-order valence-electron chi connectivity index (χ4n) is 2.98. The zero-order chi connectivity index (χ0) is 15.8. The summed E-state index contributed by atoms with van der Waals surface area (Å²) in [6, 6.07) is 21.7. The van der Waals surface area contributed by atoms with E-state index in [4.69, 9.17) is 0 Å². The van der Waals surface area contributed by atoms with Crippen LogP contribution in [0.4, 0.5) is 0 Å². The van der Waals surface area contributed by atoms with Gasteiger partial charge in [0.05, 0.1) is 13.4 Å². The summed E-state index contributed by atoms with van der Waals surface area (Å²) >= 11 is 0. The third-order valence-corrected chi connectivity index (χ3v) is 8.78. The van der Waals surface area contributed by atoms with Crippen molar-refractivity contribution in [3.63, 3.8) is 0 Å². The van der Waals surface area contributed by atoms with E-state index in [1.165, 1.54) is 10.6 Å². The van der Waals surface area contributed by atoms with Crippen molar-refractivity contribution < 1.29 is 0 Å². The van der Waals surface area contributed by atoms with E-state index in [1.54, 1.807) is 0 Å². The first kappa shape index (κ1) is 16.5. The maximum Gasteiger partial charge on any atom is 0.156 e. The summed E-state index contributed by atoms with van der Waals surface area (Å²) < 4.78 is 0. The van der Waals surface area contributed by atoms with Crippen LogP contribution >= 0.6 is 7.26 Å². The minimum Gasteiger partial charge on any atom is -0.0991 e. The van der Waals surface area contributed by atoms with E-state index in [2.05, 4.69) is 99.0 Å². The highest BCUT2D eigenvalue weighted by Gasteiger charge is 2.46. The molecular weight excluding hydrogens is 283 g/mol. The highest BCUT2D eigenvalue weighted by molar-refractivity contribution is 7.90. The number of benzene rings is 2. The molecular formula is C21H24P+. The zero-order valence-electron chi connectivity index (χ0n) is 13.5. The summed E-state index contributed by atoms with van der Waals surface area (Å²) in [5.74, 6) is 6.77. The monoisotopic (exact) mass is 307 g/mol. The first-order valence-electron chi connectivity index (χ1n) is 7.89. The van der Waals surface area contributed by atoms with Crippen LogP contribution in [-0.2, 0) is 0 Å². The number of hydrogen-bond donors (Lipinski definition) is 0. The lowest BCUT2D eigenvalue weighted by Gasteiger charge is -2.29. The van der Waals surface area contributed by atoms with Gasteiger partial charge >= 0.3 is 0 Å². The molecule has 0 spiro atoms. The first-order valence-corrected chi connectivity index (χ1v) is 9.93. The van der Waals surface area contributed by atoms with Crippen LogP contribution < -0.4 is 10.6 Å². The lowest BCUT2D eigenvalue weighted by Crippen LogP contribution is -2.31. The quantitative estimate of drug-likeness (QED) is 0.429. The molecule has 0 heterocycles. The van der Waals surface area contributed by atoms with Crippen molar-refractivity contribution in [1.29, 1.82) is 0 Å². The molecule has 0 aliphatic heterocycles. The average molecular weight is 307 g/mol. The maximum absolute atomic E-state index is 4.10. The Morgan fingerprint density at radius 3 is 1.82 bits per heavy atom. The third kappa shape index (κ3) is 3.16. The molecule has 0 amide bonds. The molecule has 0 aliphatic rings. The van der Waals surface area contributed by atoms with E-state index >= 15 is 0 Å². The zero-order valence-corrected chi connectivity index (χ0v) is 14.4. The smallest absolute Gasteiger partial charge is 0.0991 e. The SMILES string of the molecule is C=CC(C#CCC)[P+](CC)(c1ccccc1)c1ccccc1. The van der Waals surface area contributed by atoms with Gasteiger partial charge in [-0.3, -0.25) is 0 Å². The van der Waals surface area contributed by atoms with Crippen LogP contribution in [0, 0.1) is 11.8 Å². The Bertz CT molecular complexity index is 607. The van der Waals surface area contributed by atoms with Gasteiger partial charge in [0, 0.05) is 6.42 Å². The van der Waals surface area contributed by atoms with Gasteiger partial charge < -0.3 is 0 Å². The molecule has 1 atom stereocenters. The first-order chi connectivity index (χ1) is 10.8. The van der Waals surface area contributed by atoms with Crippen LogP contribution in [0.1, 0.15) is 20.3 Å². The lowest BCUT2D eigenvalue weighted by molar-refractivity contribution is 1.27. The van der Waals surface area contributed by atoms with E-state index in [1.807, 2.05) is 0 Å². The Kier molecular flexibility index (Phi) is 6.00. The van der Waals surface area contributed by atoms with Gasteiger partial charge in [-0.2, -0.15) is 0 Å². The summed E-state index contributed by atoms with van der Waals surface area (Å²) in [7, 11) is -1.61. The molecule has 2 aromatic rings. The number of hydrogen-bond acceptors (Lipinski definition) is 0. The van der Waals surface area contributed by atoms with E-state index in [0.29, 0.717) is 0 Å². The summed E-state index contributed by atoms with van der Waals surface area (Å²) in [5, 5.41) is 2.83. The molecule has 0 radical (unpaired) electrons. The summed E-state index contributed by atoms with van der Waals surface area (Å²) in [6.45, 7) is 8.50. The van der Waals surface area contributed by atoms with Crippen LogP contribution in [0.3, 0.4) is 0 Å². The predicted molar refractivity (Wildman–Crippen MR) is 102 cm³/mol. The second-order valence-corrected chi connectivity index (χ2v) is 9.17. The van der Waals surface area contributed by atoms with E-state index in [9.17, 15) is 0 Å². The van der Waals surface area contributed by atoms with Crippen LogP contribution in [0.5, 0.6) is 0 Å². The van der Waals surface area contributed by atoms with Gasteiger partial charge in [-0.1, -0.05) is 61.7 Å². The van der Waals surface area contributed by atoms with Gasteiger partial charge in [0.1, 0.15) is 10.6 Å². The fraction of sp³-hybridized carbons (Fsp3) is 0.238. The summed E-state index contributed by atoms with van der Waals surface area (Å²) in [5.41, 5.74) is 0.210. The normalized spacial score (nSPS) is 12.1. The molecule has 0 aromatic heterocycles. The second-order valence-electron chi connectivity index (χ2n) is 5.21. The van der Waals surface area contributed by atoms with Crippen molar-refractivity contribution >= 4 is 17.9 Å². The van der Waals surface area contributed by atoms with Crippen molar-refractivity contribution in [3.05, 3.63) is 73.3 Å². The van der Waals surface area contributed by atoms with Crippen molar-refractivity contribution in [2.75, 3.05) is 6.16 Å². The highest BCUT2D eigenvalue weighted by atomic mass is 31.2. The van der Waals surface area contributed by atoms with Crippen LogP contribution in [0.25, 0.3) is 0 Å². The van der Waals surface area contributed by atoms with Gasteiger partial charge in [-0.15, -0.1) is 0 Å². The topological polar surface area (TPSA) is 0 Å². The predicted octanol–water partition coefficient (Wildman–Crippen LogP) is 4.64. The van der Waals surface area contributed by atoms with Crippen LogP contribution in [-0.4, -0.2) is 11.8 Å². The Labute approximate surface area is 135 Å². The molecule has 2 aromatic carbocycles. The van der Waals surface area contributed by atoms with Crippen molar-refractivity contribution in [2.45, 2.75) is 25.9 Å². The molecule has 0 N–H and O–H groups in total. The Morgan fingerprint density at radius 2 is 1.45 bits per heavy atom. The largest absolute Gasteiger partial charge is 0.156 e. The molecule has 1 unspecified atom stereocenters. The number of rotatable bonds is 5. The summed E-state index contributed by atoms with van der Waals surface area (Å²) in [4.78, 5) is 0. The van der Waals surface area contributed by atoms with Crippen molar-refractivity contribution in [3.8, 4) is 11.8 Å². The van der Waals surface area contributed by atoms with Gasteiger partial charge in [-0.25, -0.2) is 0 Å². The molecule has 0 nitrogen and oxygen atoms in total. The van der Waals surface area contributed by atoms with E-state index in [-0.39, 0.29) is 5.66 Å². The number of allylic oxidation sites excluding steroid dienone is 1. The van der Waals surface area contributed by atoms with Gasteiger partial charge in [0.25, 0.3) is 0 Å². The van der Waals surface area contributed by atoms with Crippen molar-refractivity contribution in [2.24, 2.45) is 0 Å². The molecule has 0 bridgehead atoms. The molecule has 0 saturated heterocycles. The van der Waals surface area contributed by atoms with Crippen LogP contribution in [0.2, 0.25) is 0 Å². The maximum atomic E-state index is 4.10. The second kappa shape index (κ2) is 7.98. The van der Waals surface area contributed by atoms with Crippen LogP contribution in [0.15, 0.2) is 73.3 Å². The molecule has 0 fully saturated rings. The minimum atomic E-state index is -1.61. The fourth-order valence-corrected chi connectivity index (χ4v) is 7.12. The van der Waals surface area contributed by atoms with Gasteiger partial charge in [0.2, 0.25) is 0 Å². The Hall–Kier alpha value is -1.83. The highest BCUT2D eigenvalue weighted by Crippen LogP contribution is 2.60. The lowest BCUT2D eigenvalue weighted by atomic mass is 10.3. The summed E-state index contributed by atoms with van der Waals surface area (Å²) in [6.07, 6.45) is 4.04. The molecule has 1 heteroatoms. The van der Waals surface area contributed by atoms with E-state index < -0.39 is 7.26 Å². The molecule has 0 aliphatic carbocycles. The van der Waals surface area contributed by atoms with Crippen molar-refractivity contribution in [1.82, 2.24) is 0 Å². The standard InChI is InChI=1S/C21H24P/c1-4-7-14-19(5-2)22(6-3,20-15-10-8-11-16-20)21-17-12-9-13-18-21/h5,8-13,15-19H,2,4,6H2,1,3H3/q+1. The molecule has 2 rings (SSSR count). The molecule has 0 saturated carbocycles. The average Bonchev–Trinajstić information content (AvgIpc) is 2.60. The Morgan fingerprint density at radius 1 is 0.955 bits per heavy atom. The van der Waals surface area contributed by atoms with Gasteiger partial charge in [-0.05, 0) is 37.3 Å². The third-order valence-electron chi connectivity index (χ3n) is 4.06. The molecule has 22 heavy (non-hydrogen) atoms.